The molecule has 2 nitrogen and oxygen atoms in total. The van der Waals surface area contributed by atoms with Gasteiger partial charge in [-0.05, 0) is 37.4 Å². The maximum absolute atomic E-state index is 12.5. The number of aromatic nitrogens is 1. The van der Waals surface area contributed by atoms with Gasteiger partial charge in [0.15, 0.2) is 0 Å². The molecular weight excluding hydrogens is 179 g/mol. The number of nitrogens with zero attached hydrogens (tertiary/aromatic N) is 1. The van der Waals surface area contributed by atoms with E-state index in [1.807, 2.05) is 0 Å². The molecule has 1 heterocycles. The van der Waals surface area contributed by atoms with Crippen LogP contribution in [0.4, 0.5) is 4.39 Å². The molecule has 0 saturated heterocycles. The van der Waals surface area contributed by atoms with Gasteiger partial charge in [-0.25, -0.2) is 4.98 Å². The third-order valence-electron chi connectivity index (χ3n) is 2.21. The lowest BCUT2D eigenvalue weighted by atomic mass is 10.1. The van der Waals surface area contributed by atoms with E-state index in [0.717, 1.165) is 31.4 Å². The molecule has 0 saturated carbocycles. The summed E-state index contributed by atoms with van der Waals surface area (Å²) in [5.74, 6) is -0.406. The van der Waals surface area contributed by atoms with Gasteiger partial charge >= 0.3 is 0 Å². The van der Waals surface area contributed by atoms with E-state index in [0.29, 0.717) is 0 Å². The molecular formula is C11H17FN2. The van der Waals surface area contributed by atoms with E-state index in [2.05, 4.69) is 4.98 Å². The third kappa shape index (κ3) is 4.33. The van der Waals surface area contributed by atoms with Crippen LogP contribution < -0.4 is 5.73 Å². The molecule has 0 bridgehead atoms. The Balaban J connectivity index is 2.15. The predicted molar refractivity (Wildman–Crippen MR) is 55.4 cm³/mol. The molecule has 0 aliphatic carbocycles. The van der Waals surface area contributed by atoms with E-state index >= 15 is 0 Å². The summed E-state index contributed by atoms with van der Waals surface area (Å²) in [6, 6.07) is 3.21. The zero-order valence-corrected chi connectivity index (χ0v) is 8.38. The standard InChI is InChI=1S/C11H17FN2/c12-11-7-6-10(9-14-11)5-3-1-2-4-8-13/h6-7,9H,1-5,8,13H2. The Morgan fingerprint density at radius 3 is 2.57 bits per heavy atom. The fourth-order valence-corrected chi connectivity index (χ4v) is 1.38. The molecule has 0 aromatic carbocycles. The summed E-state index contributed by atoms with van der Waals surface area (Å²) < 4.78 is 12.5. The summed E-state index contributed by atoms with van der Waals surface area (Å²) in [5.41, 5.74) is 6.50. The number of hydrogen-bond acceptors (Lipinski definition) is 2. The van der Waals surface area contributed by atoms with Crippen LogP contribution in [0.15, 0.2) is 18.3 Å². The van der Waals surface area contributed by atoms with Crippen molar-refractivity contribution in [2.24, 2.45) is 5.73 Å². The average Bonchev–Trinajstić information content (AvgIpc) is 2.21. The molecule has 0 atom stereocenters. The fraction of sp³-hybridized carbons (Fsp3) is 0.545. The van der Waals surface area contributed by atoms with Crippen molar-refractivity contribution >= 4 is 0 Å². The number of aryl methyl sites for hydroxylation is 1. The Morgan fingerprint density at radius 2 is 1.93 bits per heavy atom. The van der Waals surface area contributed by atoms with Crippen molar-refractivity contribution in [1.29, 1.82) is 0 Å². The van der Waals surface area contributed by atoms with Crippen LogP contribution >= 0.6 is 0 Å². The van der Waals surface area contributed by atoms with Crippen LogP contribution in [0, 0.1) is 5.95 Å². The maximum Gasteiger partial charge on any atom is 0.212 e. The van der Waals surface area contributed by atoms with Crippen LogP contribution in [0.3, 0.4) is 0 Å². The Morgan fingerprint density at radius 1 is 1.14 bits per heavy atom. The van der Waals surface area contributed by atoms with E-state index < -0.39 is 5.95 Å². The molecule has 14 heavy (non-hydrogen) atoms. The molecule has 3 heteroatoms. The van der Waals surface area contributed by atoms with Crippen LogP contribution in [0.5, 0.6) is 0 Å². The highest BCUT2D eigenvalue weighted by Crippen LogP contribution is 2.06. The van der Waals surface area contributed by atoms with Crippen molar-refractivity contribution < 1.29 is 4.39 Å². The smallest absolute Gasteiger partial charge is 0.212 e. The summed E-state index contributed by atoms with van der Waals surface area (Å²) in [5, 5.41) is 0. The minimum Gasteiger partial charge on any atom is -0.330 e. The molecule has 1 aromatic rings. The minimum atomic E-state index is -0.406. The second-order valence-corrected chi connectivity index (χ2v) is 3.44. The first-order chi connectivity index (χ1) is 6.83. The number of halogens is 1. The highest BCUT2D eigenvalue weighted by molar-refractivity contribution is 5.09. The van der Waals surface area contributed by atoms with E-state index in [4.69, 9.17) is 5.73 Å². The highest BCUT2D eigenvalue weighted by atomic mass is 19.1. The van der Waals surface area contributed by atoms with E-state index in [1.165, 1.54) is 18.9 Å². The van der Waals surface area contributed by atoms with Gasteiger partial charge < -0.3 is 5.73 Å². The molecule has 2 N–H and O–H groups in total. The number of rotatable bonds is 6. The molecule has 1 aromatic heterocycles. The summed E-state index contributed by atoms with van der Waals surface area (Å²) in [6.45, 7) is 0.776. The normalized spacial score (nSPS) is 10.4. The predicted octanol–water partition coefficient (Wildman–Crippen LogP) is 2.28. The van der Waals surface area contributed by atoms with Crippen LogP contribution in [0.1, 0.15) is 31.2 Å². The number of unbranched alkanes of at least 4 members (excludes halogenated alkanes) is 3. The molecule has 0 radical (unpaired) electrons. The van der Waals surface area contributed by atoms with Gasteiger partial charge in [-0.15, -0.1) is 0 Å². The lowest BCUT2D eigenvalue weighted by Gasteiger charge is -2.00. The number of nitrogens with two attached hydrogens (primary N) is 1. The summed E-state index contributed by atoms with van der Waals surface area (Å²) in [4.78, 5) is 3.61. The van der Waals surface area contributed by atoms with E-state index in [9.17, 15) is 4.39 Å². The quantitative estimate of drug-likeness (QED) is 0.560. The second-order valence-electron chi connectivity index (χ2n) is 3.44. The summed E-state index contributed by atoms with van der Waals surface area (Å²) in [6.07, 6.45) is 7.20. The first-order valence-electron chi connectivity index (χ1n) is 5.13. The Kier molecular flexibility index (Phi) is 5.15. The Hall–Kier alpha value is -0.960. The monoisotopic (exact) mass is 196 g/mol. The van der Waals surface area contributed by atoms with Gasteiger partial charge in [0.2, 0.25) is 5.95 Å². The second kappa shape index (κ2) is 6.49. The summed E-state index contributed by atoms with van der Waals surface area (Å²) in [7, 11) is 0. The minimum absolute atomic E-state index is 0.406. The third-order valence-corrected chi connectivity index (χ3v) is 2.21. The molecule has 0 aliphatic heterocycles. The van der Waals surface area contributed by atoms with Gasteiger partial charge in [-0.2, -0.15) is 4.39 Å². The Labute approximate surface area is 84.3 Å². The van der Waals surface area contributed by atoms with Crippen molar-refractivity contribution in [1.82, 2.24) is 4.98 Å². The zero-order chi connectivity index (χ0) is 10.2. The van der Waals surface area contributed by atoms with E-state index in [-0.39, 0.29) is 0 Å². The van der Waals surface area contributed by atoms with Crippen molar-refractivity contribution in [3.63, 3.8) is 0 Å². The molecule has 78 valence electrons. The lowest BCUT2D eigenvalue weighted by Crippen LogP contribution is -1.97. The van der Waals surface area contributed by atoms with Crippen LogP contribution in [-0.4, -0.2) is 11.5 Å². The van der Waals surface area contributed by atoms with Gasteiger partial charge in [0.05, 0.1) is 0 Å². The van der Waals surface area contributed by atoms with Gasteiger partial charge in [0.25, 0.3) is 0 Å². The van der Waals surface area contributed by atoms with Gasteiger partial charge in [-0.1, -0.05) is 18.9 Å². The highest BCUT2D eigenvalue weighted by Gasteiger charge is 1.95. The van der Waals surface area contributed by atoms with E-state index in [1.54, 1.807) is 12.3 Å². The van der Waals surface area contributed by atoms with Crippen LogP contribution in [0.2, 0.25) is 0 Å². The van der Waals surface area contributed by atoms with Crippen molar-refractivity contribution in [2.45, 2.75) is 32.1 Å². The van der Waals surface area contributed by atoms with Gasteiger partial charge in [-0.3, -0.25) is 0 Å². The first-order valence-corrected chi connectivity index (χ1v) is 5.13. The SMILES string of the molecule is NCCCCCCc1ccc(F)nc1. The van der Waals surface area contributed by atoms with Gasteiger partial charge in [0, 0.05) is 6.20 Å². The van der Waals surface area contributed by atoms with Crippen molar-refractivity contribution in [2.75, 3.05) is 6.54 Å². The molecule has 0 aliphatic rings. The molecule has 1 rings (SSSR count). The van der Waals surface area contributed by atoms with Crippen LogP contribution in [-0.2, 0) is 6.42 Å². The summed E-state index contributed by atoms with van der Waals surface area (Å²) >= 11 is 0. The number of pyridine rings is 1. The van der Waals surface area contributed by atoms with Gasteiger partial charge in [0.1, 0.15) is 0 Å². The molecule has 0 unspecified atom stereocenters. The molecule has 0 fully saturated rings. The van der Waals surface area contributed by atoms with Crippen molar-refractivity contribution in [3.05, 3.63) is 29.8 Å². The van der Waals surface area contributed by atoms with Crippen LogP contribution in [0.25, 0.3) is 0 Å². The fourth-order valence-electron chi connectivity index (χ4n) is 1.38. The van der Waals surface area contributed by atoms with Crippen molar-refractivity contribution in [3.8, 4) is 0 Å². The first kappa shape index (κ1) is 11.1. The zero-order valence-electron chi connectivity index (χ0n) is 8.38. The molecule has 0 spiro atoms. The largest absolute Gasteiger partial charge is 0.330 e. The maximum atomic E-state index is 12.5. The molecule has 0 amide bonds. The topological polar surface area (TPSA) is 38.9 Å². The Bertz CT molecular complexity index is 246. The average molecular weight is 196 g/mol. The number of hydrogen-bond donors (Lipinski definition) is 1. The lowest BCUT2D eigenvalue weighted by molar-refractivity contribution is 0.580.